The summed E-state index contributed by atoms with van der Waals surface area (Å²) >= 11 is 0. The number of amides is 2. The molecule has 4 nitrogen and oxygen atoms in total. The van der Waals surface area contributed by atoms with Gasteiger partial charge >= 0.3 is 6.03 Å². The van der Waals surface area contributed by atoms with Gasteiger partial charge in [0, 0.05) is 19.2 Å². The summed E-state index contributed by atoms with van der Waals surface area (Å²) < 4.78 is 6.09. The number of aryl methyl sites for hydroxylation is 3. The maximum atomic E-state index is 12.2. The third kappa shape index (κ3) is 4.32. The number of benzene rings is 2. The number of carbonyl (C=O) groups excluding carboxylic acids is 1. The summed E-state index contributed by atoms with van der Waals surface area (Å²) in [5.74, 6) is 0.884. The number of hydrogen-bond donors (Lipinski definition) is 1. The highest BCUT2D eigenvalue weighted by Crippen LogP contribution is 2.27. The largest absolute Gasteiger partial charge is 0.489 e. The molecule has 1 N–H and O–H groups in total. The molecule has 0 heterocycles. The van der Waals surface area contributed by atoms with E-state index in [9.17, 15) is 4.79 Å². The molecule has 0 saturated heterocycles. The first kappa shape index (κ1) is 18.8. The Bertz CT molecular complexity index is 741. The molecule has 2 amide bonds. The minimum atomic E-state index is -0.113. The van der Waals surface area contributed by atoms with Crippen LogP contribution in [0.3, 0.4) is 0 Å². The van der Waals surface area contributed by atoms with Gasteiger partial charge < -0.3 is 10.1 Å². The molecule has 0 aliphatic rings. The van der Waals surface area contributed by atoms with Crippen molar-refractivity contribution in [2.24, 2.45) is 0 Å². The van der Waals surface area contributed by atoms with Crippen LogP contribution in [0.2, 0.25) is 0 Å². The molecule has 0 spiro atoms. The highest BCUT2D eigenvalue weighted by molar-refractivity contribution is 5.92. The van der Waals surface area contributed by atoms with Crippen molar-refractivity contribution in [3.05, 3.63) is 58.7 Å². The Balaban J connectivity index is 2.29. The van der Waals surface area contributed by atoms with E-state index < -0.39 is 0 Å². The second kappa shape index (κ2) is 8.56. The molecule has 4 heteroatoms. The van der Waals surface area contributed by atoms with Crippen LogP contribution in [0.4, 0.5) is 10.5 Å². The number of rotatable bonds is 6. The summed E-state index contributed by atoms with van der Waals surface area (Å²) in [6, 6.07) is 12.2. The lowest BCUT2D eigenvalue weighted by molar-refractivity contribution is 0.248. The standard InChI is InChI=1S/C21H28N2O2/c1-6-17-11-12-20(16(4)13-17)25-14-18-15(3)9-8-10-19(18)23(7-2)21(24)22-5/h8-13H,6-7,14H2,1-5H3,(H,22,24). The Morgan fingerprint density at radius 2 is 1.88 bits per heavy atom. The van der Waals surface area contributed by atoms with Crippen molar-refractivity contribution in [3.63, 3.8) is 0 Å². The highest BCUT2D eigenvalue weighted by atomic mass is 16.5. The maximum absolute atomic E-state index is 12.2. The monoisotopic (exact) mass is 340 g/mol. The lowest BCUT2D eigenvalue weighted by Gasteiger charge is -2.24. The second-order valence-electron chi connectivity index (χ2n) is 6.11. The van der Waals surface area contributed by atoms with Crippen molar-refractivity contribution in [1.29, 1.82) is 0 Å². The number of nitrogens with one attached hydrogen (secondary N) is 1. The fraction of sp³-hybridized carbons (Fsp3) is 0.381. The van der Waals surface area contributed by atoms with Crippen molar-refractivity contribution in [2.75, 3.05) is 18.5 Å². The van der Waals surface area contributed by atoms with Crippen LogP contribution in [0.1, 0.15) is 36.1 Å². The van der Waals surface area contributed by atoms with Gasteiger partial charge in [-0.25, -0.2) is 4.79 Å². The minimum Gasteiger partial charge on any atom is -0.489 e. The van der Waals surface area contributed by atoms with Gasteiger partial charge in [0.05, 0.1) is 5.69 Å². The zero-order valence-corrected chi connectivity index (χ0v) is 15.8. The van der Waals surface area contributed by atoms with Crippen LogP contribution in [0.5, 0.6) is 5.75 Å². The maximum Gasteiger partial charge on any atom is 0.321 e. The Morgan fingerprint density at radius 1 is 1.12 bits per heavy atom. The van der Waals surface area contributed by atoms with E-state index in [4.69, 9.17) is 4.74 Å². The van der Waals surface area contributed by atoms with Gasteiger partial charge in [-0.2, -0.15) is 0 Å². The van der Waals surface area contributed by atoms with Crippen LogP contribution in [0, 0.1) is 13.8 Å². The Morgan fingerprint density at radius 3 is 2.48 bits per heavy atom. The van der Waals surface area contributed by atoms with Gasteiger partial charge in [-0.05, 0) is 56.0 Å². The smallest absolute Gasteiger partial charge is 0.321 e. The van der Waals surface area contributed by atoms with E-state index in [-0.39, 0.29) is 6.03 Å². The number of anilines is 1. The minimum absolute atomic E-state index is 0.113. The van der Waals surface area contributed by atoms with E-state index in [1.54, 1.807) is 11.9 Å². The van der Waals surface area contributed by atoms with Crippen LogP contribution in [-0.2, 0) is 13.0 Å². The third-order valence-electron chi connectivity index (χ3n) is 4.47. The van der Waals surface area contributed by atoms with Gasteiger partial charge in [-0.15, -0.1) is 0 Å². The summed E-state index contributed by atoms with van der Waals surface area (Å²) in [7, 11) is 1.65. The van der Waals surface area contributed by atoms with Gasteiger partial charge in [0.1, 0.15) is 12.4 Å². The molecule has 2 aromatic rings. The fourth-order valence-electron chi connectivity index (χ4n) is 2.93. The number of ether oxygens (including phenoxy) is 1. The van der Waals surface area contributed by atoms with Crippen LogP contribution >= 0.6 is 0 Å². The van der Waals surface area contributed by atoms with E-state index in [0.29, 0.717) is 13.2 Å². The first-order valence-corrected chi connectivity index (χ1v) is 8.81. The molecule has 0 unspecified atom stereocenters. The summed E-state index contributed by atoms with van der Waals surface area (Å²) in [6.07, 6.45) is 1.01. The second-order valence-corrected chi connectivity index (χ2v) is 6.11. The topological polar surface area (TPSA) is 41.6 Å². The Labute approximate surface area is 150 Å². The quantitative estimate of drug-likeness (QED) is 0.834. The van der Waals surface area contributed by atoms with Crippen molar-refractivity contribution in [1.82, 2.24) is 5.32 Å². The van der Waals surface area contributed by atoms with Gasteiger partial charge in [0.2, 0.25) is 0 Å². The lowest BCUT2D eigenvalue weighted by atomic mass is 10.1. The van der Waals surface area contributed by atoms with E-state index in [1.807, 2.05) is 38.1 Å². The third-order valence-corrected chi connectivity index (χ3v) is 4.47. The molecule has 0 radical (unpaired) electrons. The van der Waals surface area contributed by atoms with Crippen molar-refractivity contribution in [2.45, 2.75) is 40.7 Å². The van der Waals surface area contributed by atoms with E-state index >= 15 is 0 Å². The zero-order valence-electron chi connectivity index (χ0n) is 15.8. The summed E-state index contributed by atoms with van der Waals surface area (Å²) in [5.41, 5.74) is 5.48. The predicted octanol–water partition coefficient (Wildman–Crippen LogP) is 4.61. The molecule has 2 aromatic carbocycles. The molecule has 0 aliphatic carbocycles. The summed E-state index contributed by atoms with van der Waals surface area (Å²) in [6.45, 7) is 9.26. The molecule has 0 aromatic heterocycles. The van der Waals surface area contributed by atoms with Crippen LogP contribution in [0.25, 0.3) is 0 Å². The molecular weight excluding hydrogens is 312 g/mol. The number of urea groups is 1. The predicted molar refractivity (Wildman–Crippen MR) is 104 cm³/mol. The Kier molecular flexibility index (Phi) is 6.45. The zero-order chi connectivity index (χ0) is 18.4. The van der Waals surface area contributed by atoms with Crippen LogP contribution in [-0.4, -0.2) is 19.6 Å². The normalized spacial score (nSPS) is 10.4. The molecule has 25 heavy (non-hydrogen) atoms. The number of carbonyl (C=O) groups is 1. The average molecular weight is 340 g/mol. The molecular formula is C21H28N2O2. The molecule has 0 atom stereocenters. The van der Waals surface area contributed by atoms with Crippen LogP contribution in [0.15, 0.2) is 36.4 Å². The van der Waals surface area contributed by atoms with Gasteiger partial charge in [-0.3, -0.25) is 4.90 Å². The molecule has 0 fully saturated rings. The van der Waals surface area contributed by atoms with Gasteiger partial charge in [0.15, 0.2) is 0 Å². The SMILES string of the molecule is CCc1ccc(OCc2c(C)cccc2N(CC)C(=O)NC)c(C)c1. The lowest BCUT2D eigenvalue weighted by Crippen LogP contribution is -2.38. The van der Waals surface area contributed by atoms with Crippen molar-refractivity contribution < 1.29 is 9.53 Å². The Hall–Kier alpha value is -2.49. The highest BCUT2D eigenvalue weighted by Gasteiger charge is 2.17. The summed E-state index contributed by atoms with van der Waals surface area (Å²) in [5, 5.41) is 2.70. The van der Waals surface area contributed by atoms with Crippen molar-refractivity contribution in [3.8, 4) is 5.75 Å². The number of hydrogen-bond acceptors (Lipinski definition) is 2. The fourth-order valence-corrected chi connectivity index (χ4v) is 2.93. The summed E-state index contributed by atoms with van der Waals surface area (Å²) in [4.78, 5) is 13.9. The first-order chi connectivity index (χ1) is 12.0. The molecule has 0 bridgehead atoms. The van der Waals surface area contributed by atoms with Crippen LogP contribution < -0.4 is 15.0 Å². The molecule has 2 rings (SSSR count). The average Bonchev–Trinajstić information content (AvgIpc) is 2.62. The van der Waals surface area contributed by atoms with E-state index in [0.717, 1.165) is 34.5 Å². The van der Waals surface area contributed by atoms with E-state index in [2.05, 4.69) is 31.3 Å². The van der Waals surface area contributed by atoms with Crippen molar-refractivity contribution >= 4 is 11.7 Å². The molecule has 134 valence electrons. The van der Waals surface area contributed by atoms with E-state index in [1.165, 1.54) is 5.56 Å². The number of nitrogens with zero attached hydrogens (tertiary/aromatic N) is 1. The molecule has 0 aliphatic heterocycles. The van der Waals surface area contributed by atoms with Gasteiger partial charge in [0.25, 0.3) is 0 Å². The van der Waals surface area contributed by atoms with Gasteiger partial charge in [-0.1, -0.05) is 31.2 Å². The molecule has 0 saturated carbocycles. The first-order valence-electron chi connectivity index (χ1n) is 8.81.